The SMILES string of the molecule is O=C(O)c1cn[nH]c1F. The van der Waals surface area contributed by atoms with Crippen LogP contribution < -0.4 is 0 Å². The number of aromatic carboxylic acids is 1. The number of carbonyl (C=O) groups is 1. The molecule has 0 bridgehead atoms. The Morgan fingerprint density at radius 2 is 2.56 bits per heavy atom. The van der Waals surface area contributed by atoms with Crippen LogP contribution in [0.1, 0.15) is 10.4 Å². The molecule has 0 atom stereocenters. The van der Waals surface area contributed by atoms with E-state index < -0.39 is 17.5 Å². The molecule has 1 rings (SSSR count). The van der Waals surface area contributed by atoms with Gasteiger partial charge in [0.2, 0.25) is 5.95 Å². The van der Waals surface area contributed by atoms with Crippen molar-refractivity contribution in [1.29, 1.82) is 0 Å². The maximum absolute atomic E-state index is 12.1. The number of carboxylic acids is 1. The van der Waals surface area contributed by atoms with Crippen molar-refractivity contribution in [2.75, 3.05) is 0 Å². The van der Waals surface area contributed by atoms with E-state index in [1.165, 1.54) is 0 Å². The van der Waals surface area contributed by atoms with Crippen molar-refractivity contribution < 1.29 is 14.3 Å². The normalized spacial score (nSPS) is 9.44. The average Bonchev–Trinajstić information content (AvgIpc) is 2.13. The molecule has 2 N–H and O–H groups in total. The summed E-state index contributed by atoms with van der Waals surface area (Å²) in [4.78, 5) is 9.98. The highest BCUT2D eigenvalue weighted by Crippen LogP contribution is 1.99. The van der Waals surface area contributed by atoms with Crippen LogP contribution in [0.4, 0.5) is 4.39 Å². The Morgan fingerprint density at radius 1 is 1.89 bits per heavy atom. The predicted molar refractivity (Wildman–Crippen MR) is 25.5 cm³/mol. The molecule has 5 heteroatoms. The Labute approximate surface area is 49.3 Å². The minimum atomic E-state index is -1.32. The molecular formula is C4H3FN2O2. The zero-order valence-corrected chi connectivity index (χ0v) is 4.26. The first-order chi connectivity index (χ1) is 4.22. The molecule has 1 heterocycles. The highest BCUT2D eigenvalue weighted by molar-refractivity contribution is 5.87. The zero-order valence-electron chi connectivity index (χ0n) is 4.26. The maximum Gasteiger partial charge on any atom is 0.342 e. The molecule has 0 aliphatic rings. The minimum Gasteiger partial charge on any atom is -0.477 e. The molecule has 0 saturated carbocycles. The van der Waals surface area contributed by atoms with Crippen molar-refractivity contribution >= 4 is 5.97 Å². The lowest BCUT2D eigenvalue weighted by atomic mass is 10.4. The van der Waals surface area contributed by atoms with E-state index in [0.717, 1.165) is 6.20 Å². The number of aromatic amines is 1. The Hall–Kier alpha value is -1.39. The number of hydrogen-bond acceptors (Lipinski definition) is 2. The van der Waals surface area contributed by atoms with E-state index in [9.17, 15) is 9.18 Å². The van der Waals surface area contributed by atoms with Crippen LogP contribution in [0.15, 0.2) is 6.20 Å². The van der Waals surface area contributed by atoms with Gasteiger partial charge in [-0.3, -0.25) is 5.10 Å². The number of rotatable bonds is 1. The molecule has 0 radical (unpaired) electrons. The fourth-order valence-corrected chi connectivity index (χ4v) is 0.419. The summed E-state index contributed by atoms with van der Waals surface area (Å²) < 4.78 is 12.1. The lowest BCUT2D eigenvalue weighted by Crippen LogP contribution is -1.96. The molecule has 48 valence electrons. The predicted octanol–water partition coefficient (Wildman–Crippen LogP) is 0.247. The van der Waals surface area contributed by atoms with Crippen LogP contribution in [0.5, 0.6) is 0 Å². The van der Waals surface area contributed by atoms with Gasteiger partial charge in [-0.2, -0.15) is 9.49 Å². The lowest BCUT2D eigenvalue weighted by Gasteiger charge is -1.81. The molecular weight excluding hydrogens is 127 g/mol. The highest BCUT2D eigenvalue weighted by Gasteiger charge is 2.10. The Balaban J connectivity index is 3.08. The molecule has 0 unspecified atom stereocenters. The lowest BCUT2D eigenvalue weighted by molar-refractivity contribution is 0.0692. The van der Waals surface area contributed by atoms with Gasteiger partial charge in [-0.05, 0) is 0 Å². The van der Waals surface area contributed by atoms with Crippen LogP contribution in [0.2, 0.25) is 0 Å². The van der Waals surface area contributed by atoms with Crippen LogP contribution in [-0.4, -0.2) is 21.3 Å². The molecule has 0 aliphatic carbocycles. The van der Waals surface area contributed by atoms with Gasteiger partial charge < -0.3 is 5.11 Å². The maximum atomic E-state index is 12.1. The van der Waals surface area contributed by atoms with Gasteiger partial charge in [0.25, 0.3) is 0 Å². The van der Waals surface area contributed by atoms with Crippen LogP contribution >= 0.6 is 0 Å². The number of halogens is 1. The van der Waals surface area contributed by atoms with E-state index in [1.54, 1.807) is 0 Å². The van der Waals surface area contributed by atoms with E-state index in [0.29, 0.717) is 0 Å². The molecule has 1 aromatic rings. The summed E-state index contributed by atoms with van der Waals surface area (Å²) in [5, 5.41) is 13.2. The van der Waals surface area contributed by atoms with Gasteiger partial charge in [-0.15, -0.1) is 0 Å². The van der Waals surface area contributed by atoms with Crippen LogP contribution in [0, 0.1) is 5.95 Å². The summed E-state index contributed by atoms with van der Waals surface area (Å²) in [6.07, 6.45) is 0.914. The summed E-state index contributed by atoms with van der Waals surface area (Å²) in [5.74, 6) is -2.23. The second-order valence-corrected chi connectivity index (χ2v) is 1.40. The van der Waals surface area contributed by atoms with Gasteiger partial charge in [0.15, 0.2) is 0 Å². The first-order valence-corrected chi connectivity index (χ1v) is 2.14. The number of carboxylic acid groups (broad SMARTS) is 1. The number of nitrogens with one attached hydrogen (secondary N) is 1. The monoisotopic (exact) mass is 130 g/mol. The zero-order chi connectivity index (χ0) is 6.85. The van der Waals surface area contributed by atoms with Crippen molar-refractivity contribution in [3.05, 3.63) is 17.7 Å². The molecule has 1 aromatic heterocycles. The highest BCUT2D eigenvalue weighted by atomic mass is 19.1. The Kier molecular flexibility index (Phi) is 1.18. The van der Waals surface area contributed by atoms with Gasteiger partial charge >= 0.3 is 5.97 Å². The fourth-order valence-electron chi connectivity index (χ4n) is 0.419. The van der Waals surface area contributed by atoms with Crippen LogP contribution in [0.3, 0.4) is 0 Å². The van der Waals surface area contributed by atoms with E-state index in [4.69, 9.17) is 5.11 Å². The van der Waals surface area contributed by atoms with Crippen molar-refractivity contribution in [2.45, 2.75) is 0 Å². The van der Waals surface area contributed by atoms with Crippen LogP contribution in [-0.2, 0) is 0 Å². The summed E-state index contributed by atoms with van der Waals surface area (Å²) in [6, 6.07) is 0. The summed E-state index contributed by atoms with van der Waals surface area (Å²) in [7, 11) is 0. The summed E-state index contributed by atoms with van der Waals surface area (Å²) >= 11 is 0. The minimum absolute atomic E-state index is 0.435. The van der Waals surface area contributed by atoms with E-state index in [-0.39, 0.29) is 0 Å². The summed E-state index contributed by atoms with van der Waals surface area (Å²) in [6.45, 7) is 0. The molecule has 0 aliphatic heterocycles. The summed E-state index contributed by atoms with van der Waals surface area (Å²) in [5.41, 5.74) is -0.435. The molecule has 9 heavy (non-hydrogen) atoms. The largest absolute Gasteiger partial charge is 0.477 e. The number of nitrogens with zero attached hydrogens (tertiary/aromatic N) is 1. The molecule has 0 saturated heterocycles. The van der Waals surface area contributed by atoms with Crippen molar-refractivity contribution in [2.24, 2.45) is 0 Å². The second-order valence-electron chi connectivity index (χ2n) is 1.40. The van der Waals surface area contributed by atoms with Gasteiger partial charge in [0.05, 0.1) is 6.20 Å². The van der Waals surface area contributed by atoms with Gasteiger partial charge in [0.1, 0.15) is 5.56 Å². The molecule has 4 nitrogen and oxygen atoms in total. The molecule has 0 amide bonds. The molecule has 0 fully saturated rings. The number of hydrogen-bond donors (Lipinski definition) is 2. The average molecular weight is 130 g/mol. The Bertz CT molecular complexity index is 232. The standard InChI is InChI=1S/C4H3FN2O2/c5-3-2(4(8)9)1-6-7-3/h1H,(H,6,7)(H,8,9). The number of aromatic nitrogens is 2. The van der Waals surface area contributed by atoms with Crippen LogP contribution in [0.25, 0.3) is 0 Å². The van der Waals surface area contributed by atoms with E-state index in [1.807, 2.05) is 5.10 Å². The van der Waals surface area contributed by atoms with Crippen molar-refractivity contribution in [1.82, 2.24) is 10.2 Å². The smallest absolute Gasteiger partial charge is 0.342 e. The van der Waals surface area contributed by atoms with Gasteiger partial charge in [0, 0.05) is 0 Å². The third-order valence-corrected chi connectivity index (χ3v) is 0.823. The van der Waals surface area contributed by atoms with Crippen molar-refractivity contribution in [3.63, 3.8) is 0 Å². The number of H-pyrrole nitrogens is 1. The van der Waals surface area contributed by atoms with Gasteiger partial charge in [-0.1, -0.05) is 0 Å². The van der Waals surface area contributed by atoms with Gasteiger partial charge in [-0.25, -0.2) is 4.79 Å². The quantitative estimate of drug-likeness (QED) is 0.572. The van der Waals surface area contributed by atoms with E-state index in [2.05, 4.69) is 5.10 Å². The first-order valence-electron chi connectivity index (χ1n) is 2.14. The fraction of sp³-hybridized carbons (Fsp3) is 0. The Morgan fingerprint density at radius 3 is 2.78 bits per heavy atom. The van der Waals surface area contributed by atoms with E-state index >= 15 is 0 Å². The van der Waals surface area contributed by atoms with Crippen molar-refractivity contribution in [3.8, 4) is 0 Å². The molecule has 0 aromatic carbocycles. The second kappa shape index (κ2) is 1.85. The molecule has 0 spiro atoms. The topological polar surface area (TPSA) is 66.0 Å². The first kappa shape index (κ1) is 5.74. The third kappa shape index (κ3) is 0.883. The third-order valence-electron chi connectivity index (χ3n) is 0.823.